The Morgan fingerprint density at radius 1 is 1.21 bits per heavy atom. The van der Waals surface area contributed by atoms with Gasteiger partial charge in [-0.2, -0.15) is 0 Å². The predicted octanol–water partition coefficient (Wildman–Crippen LogP) is 1.59. The van der Waals surface area contributed by atoms with Crippen LogP contribution in [-0.4, -0.2) is 32.0 Å². The van der Waals surface area contributed by atoms with Gasteiger partial charge >= 0.3 is 0 Å². The van der Waals surface area contributed by atoms with Crippen LogP contribution in [0.5, 0.6) is 0 Å². The first-order chi connectivity index (χ1) is 6.44. The van der Waals surface area contributed by atoms with Gasteiger partial charge in [-0.05, 0) is 20.3 Å². The van der Waals surface area contributed by atoms with E-state index in [4.69, 9.17) is 0 Å². The van der Waals surface area contributed by atoms with Crippen LogP contribution in [0.1, 0.15) is 40.5 Å². The van der Waals surface area contributed by atoms with Crippen molar-refractivity contribution in [2.45, 2.75) is 51.8 Å². The van der Waals surface area contributed by atoms with E-state index in [1.54, 1.807) is 13.8 Å². The smallest absolute Gasteiger partial charge is 0.153 e. The highest BCUT2D eigenvalue weighted by Crippen LogP contribution is 2.02. The van der Waals surface area contributed by atoms with Crippen LogP contribution in [0.4, 0.5) is 0 Å². The molecule has 0 amide bonds. The second-order valence-corrected chi connectivity index (χ2v) is 6.57. The molecule has 0 saturated carbocycles. The minimum absolute atomic E-state index is 0.234. The van der Waals surface area contributed by atoms with Crippen LogP contribution in [-0.2, 0) is 9.84 Å². The molecule has 0 saturated heterocycles. The summed E-state index contributed by atoms with van der Waals surface area (Å²) in [6, 6.07) is 0.412. The molecule has 0 radical (unpaired) electrons. The zero-order chi connectivity index (χ0) is 11.2. The molecule has 0 aromatic heterocycles. The van der Waals surface area contributed by atoms with Crippen molar-refractivity contribution in [2.24, 2.45) is 0 Å². The molecule has 0 bridgehead atoms. The highest BCUT2D eigenvalue weighted by atomic mass is 32.2. The van der Waals surface area contributed by atoms with Crippen molar-refractivity contribution in [1.82, 2.24) is 5.32 Å². The van der Waals surface area contributed by atoms with Gasteiger partial charge in [0.25, 0.3) is 0 Å². The third-order valence-electron chi connectivity index (χ3n) is 2.49. The third-order valence-corrected chi connectivity index (χ3v) is 4.69. The molecule has 0 spiro atoms. The summed E-state index contributed by atoms with van der Waals surface area (Å²) < 4.78 is 22.9. The Bertz CT molecular complexity index is 237. The fourth-order valence-corrected chi connectivity index (χ4v) is 2.23. The van der Waals surface area contributed by atoms with E-state index in [1.165, 1.54) is 0 Å². The molecule has 0 aliphatic rings. The number of sulfone groups is 1. The summed E-state index contributed by atoms with van der Waals surface area (Å²) in [4.78, 5) is 0. The van der Waals surface area contributed by atoms with Crippen LogP contribution in [0.3, 0.4) is 0 Å². The predicted molar refractivity (Wildman–Crippen MR) is 61.3 cm³/mol. The maximum atomic E-state index is 11.4. The van der Waals surface area contributed by atoms with Crippen molar-refractivity contribution in [3.63, 3.8) is 0 Å². The number of hydrogen-bond acceptors (Lipinski definition) is 3. The van der Waals surface area contributed by atoms with Crippen molar-refractivity contribution in [2.75, 3.05) is 12.3 Å². The fraction of sp³-hybridized carbons (Fsp3) is 1.00. The molecule has 2 unspecified atom stereocenters. The van der Waals surface area contributed by atoms with Crippen LogP contribution in [0.25, 0.3) is 0 Å². The zero-order valence-corrected chi connectivity index (χ0v) is 10.5. The first kappa shape index (κ1) is 13.9. The minimum Gasteiger partial charge on any atom is -0.313 e. The van der Waals surface area contributed by atoms with Crippen LogP contribution in [0.2, 0.25) is 0 Å². The van der Waals surface area contributed by atoms with Gasteiger partial charge in [-0.15, -0.1) is 0 Å². The molecule has 4 heteroatoms. The summed E-state index contributed by atoms with van der Waals surface area (Å²) in [6.45, 7) is 8.25. The summed E-state index contributed by atoms with van der Waals surface area (Å²) in [5.74, 6) is 0.234. The molecule has 1 N–H and O–H groups in total. The number of nitrogens with one attached hydrogen (secondary N) is 1. The SMILES string of the molecule is CCCC(C)NCC(C)S(=O)(=O)CC. The monoisotopic (exact) mass is 221 g/mol. The van der Waals surface area contributed by atoms with Gasteiger partial charge in [0.2, 0.25) is 0 Å². The molecule has 0 aromatic carbocycles. The standard InChI is InChI=1S/C10H23NO2S/c1-5-7-9(3)11-8-10(4)14(12,13)6-2/h9-11H,5-8H2,1-4H3. The lowest BCUT2D eigenvalue weighted by atomic mass is 10.2. The normalized spacial score (nSPS) is 16.6. The van der Waals surface area contributed by atoms with Gasteiger partial charge in [0.05, 0.1) is 5.25 Å². The van der Waals surface area contributed by atoms with E-state index in [2.05, 4.69) is 19.2 Å². The average Bonchev–Trinajstić information content (AvgIpc) is 2.14. The first-order valence-corrected chi connectivity index (χ1v) is 7.10. The molecule has 2 atom stereocenters. The van der Waals surface area contributed by atoms with E-state index in [0.717, 1.165) is 12.8 Å². The van der Waals surface area contributed by atoms with Crippen molar-refractivity contribution < 1.29 is 8.42 Å². The molecule has 0 aromatic rings. The van der Waals surface area contributed by atoms with Crippen LogP contribution < -0.4 is 5.32 Å². The number of hydrogen-bond donors (Lipinski definition) is 1. The summed E-state index contributed by atoms with van der Waals surface area (Å²) in [6.07, 6.45) is 2.22. The van der Waals surface area contributed by atoms with Gasteiger partial charge in [-0.3, -0.25) is 0 Å². The van der Waals surface area contributed by atoms with Crippen molar-refractivity contribution in [3.8, 4) is 0 Å². The summed E-state index contributed by atoms with van der Waals surface area (Å²) in [5.41, 5.74) is 0. The summed E-state index contributed by atoms with van der Waals surface area (Å²) >= 11 is 0. The van der Waals surface area contributed by atoms with Crippen molar-refractivity contribution in [1.29, 1.82) is 0 Å². The van der Waals surface area contributed by atoms with Crippen LogP contribution in [0, 0.1) is 0 Å². The van der Waals surface area contributed by atoms with Gasteiger partial charge in [0.1, 0.15) is 0 Å². The molecule has 0 fully saturated rings. The molecule has 0 rings (SSSR count). The van der Waals surface area contributed by atoms with Gasteiger partial charge in [-0.1, -0.05) is 20.3 Å². The lowest BCUT2D eigenvalue weighted by Gasteiger charge is -2.16. The summed E-state index contributed by atoms with van der Waals surface area (Å²) in [7, 11) is -2.87. The molecule has 0 aliphatic heterocycles. The Kier molecular flexibility index (Phi) is 6.36. The van der Waals surface area contributed by atoms with Gasteiger partial charge in [-0.25, -0.2) is 8.42 Å². The van der Waals surface area contributed by atoms with Gasteiger partial charge < -0.3 is 5.32 Å². The van der Waals surface area contributed by atoms with E-state index in [9.17, 15) is 8.42 Å². The lowest BCUT2D eigenvalue weighted by Crippen LogP contribution is -2.36. The fourth-order valence-electron chi connectivity index (χ4n) is 1.31. The van der Waals surface area contributed by atoms with Crippen molar-refractivity contribution in [3.05, 3.63) is 0 Å². The third kappa shape index (κ3) is 4.96. The molecule has 3 nitrogen and oxygen atoms in total. The highest BCUT2D eigenvalue weighted by molar-refractivity contribution is 7.92. The largest absolute Gasteiger partial charge is 0.313 e. The van der Waals surface area contributed by atoms with Crippen LogP contribution >= 0.6 is 0 Å². The zero-order valence-electron chi connectivity index (χ0n) is 9.71. The Balaban J connectivity index is 3.91. The highest BCUT2D eigenvalue weighted by Gasteiger charge is 2.18. The average molecular weight is 221 g/mol. The maximum Gasteiger partial charge on any atom is 0.153 e. The van der Waals surface area contributed by atoms with E-state index in [1.807, 2.05) is 0 Å². The van der Waals surface area contributed by atoms with Gasteiger partial charge in [0.15, 0.2) is 9.84 Å². The quantitative estimate of drug-likeness (QED) is 0.710. The topological polar surface area (TPSA) is 46.2 Å². The van der Waals surface area contributed by atoms with Crippen molar-refractivity contribution >= 4 is 9.84 Å². The van der Waals surface area contributed by atoms with Crippen LogP contribution in [0.15, 0.2) is 0 Å². The first-order valence-electron chi connectivity index (χ1n) is 5.39. The molecule has 86 valence electrons. The second kappa shape index (κ2) is 6.40. The second-order valence-electron chi connectivity index (χ2n) is 3.86. The number of rotatable bonds is 7. The Hall–Kier alpha value is -0.0900. The van der Waals surface area contributed by atoms with E-state index >= 15 is 0 Å². The molecule has 14 heavy (non-hydrogen) atoms. The molecular formula is C10H23NO2S. The van der Waals surface area contributed by atoms with Gasteiger partial charge in [0, 0.05) is 18.3 Å². The molecule has 0 heterocycles. The minimum atomic E-state index is -2.87. The Morgan fingerprint density at radius 2 is 1.79 bits per heavy atom. The van der Waals surface area contributed by atoms with E-state index < -0.39 is 9.84 Å². The molecular weight excluding hydrogens is 198 g/mol. The Morgan fingerprint density at radius 3 is 2.21 bits per heavy atom. The summed E-state index contributed by atoms with van der Waals surface area (Å²) in [5, 5.41) is 2.97. The molecule has 0 aliphatic carbocycles. The Labute approximate surface area is 88.2 Å². The lowest BCUT2D eigenvalue weighted by molar-refractivity contribution is 0.501. The maximum absolute atomic E-state index is 11.4. The van der Waals surface area contributed by atoms with E-state index in [-0.39, 0.29) is 11.0 Å². The van der Waals surface area contributed by atoms with E-state index in [0.29, 0.717) is 12.6 Å².